The molecule has 0 radical (unpaired) electrons. The first-order chi connectivity index (χ1) is 6.56. The normalized spacial score (nSPS) is 15.1. The fourth-order valence-electron chi connectivity index (χ4n) is 1.01. The molecule has 0 rings (SSSR count). The van der Waals surface area contributed by atoms with E-state index >= 15 is 0 Å². The van der Waals surface area contributed by atoms with Gasteiger partial charge in [0.2, 0.25) is 0 Å². The summed E-state index contributed by atoms with van der Waals surface area (Å²) in [7, 11) is 0. The van der Waals surface area contributed by atoms with E-state index in [2.05, 4.69) is 12.2 Å². The van der Waals surface area contributed by atoms with E-state index in [-0.39, 0.29) is 0 Å². The summed E-state index contributed by atoms with van der Waals surface area (Å²) >= 11 is 1.70. The third kappa shape index (κ3) is 4.86. The maximum absolute atomic E-state index is 11.0. The lowest BCUT2D eigenvalue weighted by Gasteiger charge is -2.25. The van der Waals surface area contributed by atoms with E-state index in [1.54, 1.807) is 18.7 Å². The van der Waals surface area contributed by atoms with Crippen molar-refractivity contribution in [1.29, 1.82) is 0 Å². The summed E-state index contributed by atoms with van der Waals surface area (Å²) in [5.41, 5.74) is -0.768. The zero-order valence-electron chi connectivity index (χ0n) is 9.30. The van der Waals surface area contributed by atoms with Gasteiger partial charge in [-0.05, 0) is 32.1 Å². The smallest absolute Gasteiger partial charge is 0.324 e. The molecule has 0 aromatic carbocycles. The zero-order chi connectivity index (χ0) is 11.0. The quantitative estimate of drug-likeness (QED) is 0.613. The first-order valence-corrected chi connectivity index (χ1v) is 6.28. The molecule has 0 amide bonds. The summed E-state index contributed by atoms with van der Waals surface area (Å²) in [6.45, 7) is 6.65. The van der Waals surface area contributed by atoms with Gasteiger partial charge in [-0.25, -0.2) is 0 Å². The van der Waals surface area contributed by atoms with Crippen molar-refractivity contribution in [2.24, 2.45) is 0 Å². The van der Waals surface area contributed by atoms with E-state index in [1.165, 1.54) is 0 Å². The van der Waals surface area contributed by atoms with Crippen LogP contribution in [0.1, 0.15) is 33.6 Å². The molecule has 0 fully saturated rings. The van der Waals surface area contributed by atoms with Crippen LogP contribution in [-0.4, -0.2) is 34.7 Å². The molecule has 0 aliphatic heterocycles. The van der Waals surface area contributed by atoms with E-state index in [0.717, 1.165) is 25.1 Å². The fourth-order valence-corrected chi connectivity index (χ4v) is 2.08. The van der Waals surface area contributed by atoms with Gasteiger partial charge in [-0.3, -0.25) is 4.79 Å². The molecule has 0 saturated heterocycles. The Labute approximate surface area is 90.7 Å². The first kappa shape index (κ1) is 13.8. The van der Waals surface area contributed by atoms with Gasteiger partial charge in [-0.1, -0.05) is 13.8 Å². The number of hydrogen-bond donors (Lipinski definition) is 2. The van der Waals surface area contributed by atoms with E-state index < -0.39 is 11.5 Å². The SMILES string of the molecule is CCCNC(C)(CSCCC)C(=O)O. The number of carboxylic acid groups (broad SMARTS) is 1. The monoisotopic (exact) mass is 219 g/mol. The molecule has 0 saturated carbocycles. The lowest BCUT2D eigenvalue weighted by atomic mass is 10.1. The van der Waals surface area contributed by atoms with Crippen molar-refractivity contribution >= 4 is 17.7 Å². The molecule has 0 aromatic heterocycles. The van der Waals surface area contributed by atoms with Crippen LogP contribution >= 0.6 is 11.8 Å². The van der Waals surface area contributed by atoms with Crippen molar-refractivity contribution in [3.05, 3.63) is 0 Å². The highest BCUT2D eigenvalue weighted by Crippen LogP contribution is 2.14. The summed E-state index contributed by atoms with van der Waals surface area (Å²) in [6, 6.07) is 0. The molecule has 1 atom stereocenters. The lowest BCUT2D eigenvalue weighted by molar-refractivity contribution is -0.143. The average molecular weight is 219 g/mol. The van der Waals surface area contributed by atoms with Crippen molar-refractivity contribution in [1.82, 2.24) is 5.32 Å². The highest BCUT2D eigenvalue weighted by atomic mass is 32.2. The van der Waals surface area contributed by atoms with E-state index in [9.17, 15) is 4.79 Å². The number of carboxylic acids is 1. The standard InChI is InChI=1S/C10H21NO2S/c1-4-6-11-10(3,9(12)13)8-14-7-5-2/h11H,4-8H2,1-3H3,(H,12,13). The van der Waals surface area contributed by atoms with Gasteiger partial charge in [0.1, 0.15) is 5.54 Å². The van der Waals surface area contributed by atoms with Gasteiger partial charge in [0.05, 0.1) is 0 Å². The number of nitrogens with one attached hydrogen (secondary N) is 1. The number of aliphatic carboxylic acids is 1. The van der Waals surface area contributed by atoms with Crippen LogP contribution in [0.25, 0.3) is 0 Å². The fraction of sp³-hybridized carbons (Fsp3) is 0.900. The van der Waals surface area contributed by atoms with Crippen LogP contribution in [0, 0.1) is 0 Å². The van der Waals surface area contributed by atoms with Crippen LogP contribution < -0.4 is 5.32 Å². The Hall–Kier alpha value is -0.220. The average Bonchev–Trinajstić information content (AvgIpc) is 2.15. The van der Waals surface area contributed by atoms with Crippen molar-refractivity contribution in [2.45, 2.75) is 39.2 Å². The third-order valence-electron chi connectivity index (χ3n) is 1.98. The molecule has 1 unspecified atom stereocenters. The summed E-state index contributed by atoms with van der Waals surface area (Å²) in [5.74, 6) is 0.905. The van der Waals surface area contributed by atoms with Crippen molar-refractivity contribution in [2.75, 3.05) is 18.1 Å². The Morgan fingerprint density at radius 1 is 1.43 bits per heavy atom. The van der Waals surface area contributed by atoms with Crippen molar-refractivity contribution in [3.63, 3.8) is 0 Å². The second kappa shape index (κ2) is 7.12. The Kier molecular flexibility index (Phi) is 7.01. The van der Waals surface area contributed by atoms with Crippen molar-refractivity contribution in [3.8, 4) is 0 Å². The van der Waals surface area contributed by atoms with Crippen LogP contribution in [0.15, 0.2) is 0 Å². The molecule has 2 N–H and O–H groups in total. The predicted molar refractivity (Wildman–Crippen MR) is 62.0 cm³/mol. The molecular formula is C10H21NO2S. The van der Waals surface area contributed by atoms with E-state index in [4.69, 9.17) is 5.11 Å². The number of thioether (sulfide) groups is 1. The molecule has 14 heavy (non-hydrogen) atoms. The van der Waals surface area contributed by atoms with Crippen molar-refractivity contribution < 1.29 is 9.90 Å². The van der Waals surface area contributed by atoms with E-state index in [0.29, 0.717) is 5.75 Å². The zero-order valence-corrected chi connectivity index (χ0v) is 10.1. The van der Waals surface area contributed by atoms with E-state index in [1.807, 2.05) is 6.92 Å². The molecule has 3 nitrogen and oxygen atoms in total. The molecule has 4 heteroatoms. The summed E-state index contributed by atoms with van der Waals surface area (Å²) < 4.78 is 0. The predicted octanol–water partition coefficient (Wildman–Crippen LogP) is 1.97. The number of hydrogen-bond acceptors (Lipinski definition) is 3. The highest BCUT2D eigenvalue weighted by Gasteiger charge is 2.31. The van der Waals surface area contributed by atoms with Crippen LogP contribution in [-0.2, 0) is 4.79 Å². The van der Waals surface area contributed by atoms with Crippen LogP contribution in [0.3, 0.4) is 0 Å². The largest absolute Gasteiger partial charge is 0.480 e. The highest BCUT2D eigenvalue weighted by molar-refractivity contribution is 7.99. The van der Waals surface area contributed by atoms with Gasteiger partial charge in [0.15, 0.2) is 0 Å². The number of rotatable bonds is 8. The third-order valence-corrected chi connectivity index (χ3v) is 3.45. The Morgan fingerprint density at radius 3 is 2.50 bits per heavy atom. The molecule has 0 heterocycles. The summed E-state index contributed by atoms with van der Waals surface area (Å²) in [5, 5.41) is 12.2. The topological polar surface area (TPSA) is 49.3 Å². The van der Waals surface area contributed by atoms with Crippen LogP contribution in [0.5, 0.6) is 0 Å². The maximum Gasteiger partial charge on any atom is 0.324 e. The van der Waals surface area contributed by atoms with Gasteiger partial charge in [-0.15, -0.1) is 0 Å². The molecule has 0 bridgehead atoms. The summed E-state index contributed by atoms with van der Waals surface area (Å²) in [4.78, 5) is 11.0. The first-order valence-electron chi connectivity index (χ1n) is 5.13. The Bertz CT molecular complexity index is 176. The minimum Gasteiger partial charge on any atom is -0.480 e. The number of carbonyl (C=O) groups is 1. The molecular weight excluding hydrogens is 198 g/mol. The van der Waals surface area contributed by atoms with Crippen LogP contribution in [0.2, 0.25) is 0 Å². The Balaban J connectivity index is 4.03. The summed E-state index contributed by atoms with van der Waals surface area (Å²) in [6.07, 6.45) is 2.05. The second-order valence-corrected chi connectivity index (χ2v) is 4.72. The lowest BCUT2D eigenvalue weighted by Crippen LogP contribution is -2.52. The van der Waals surface area contributed by atoms with Gasteiger partial charge in [0, 0.05) is 5.75 Å². The molecule has 0 aliphatic carbocycles. The van der Waals surface area contributed by atoms with Gasteiger partial charge in [-0.2, -0.15) is 11.8 Å². The molecule has 0 aliphatic rings. The Morgan fingerprint density at radius 2 is 2.07 bits per heavy atom. The molecule has 84 valence electrons. The molecule has 0 aromatic rings. The maximum atomic E-state index is 11.0. The van der Waals surface area contributed by atoms with Gasteiger partial charge < -0.3 is 10.4 Å². The minimum absolute atomic E-state index is 0.635. The van der Waals surface area contributed by atoms with Gasteiger partial charge >= 0.3 is 5.97 Å². The second-order valence-electron chi connectivity index (χ2n) is 3.62. The molecule has 0 spiro atoms. The van der Waals surface area contributed by atoms with Gasteiger partial charge in [0.25, 0.3) is 0 Å². The minimum atomic E-state index is -0.768. The van der Waals surface area contributed by atoms with Crippen LogP contribution in [0.4, 0.5) is 0 Å².